The van der Waals surface area contributed by atoms with Crippen molar-refractivity contribution in [3.05, 3.63) is 23.8 Å². The molecule has 0 spiro atoms. The van der Waals surface area contributed by atoms with Crippen molar-refractivity contribution >= 4 is 5.78 Å². The molecule has 1 aromatic carbocycles. The summed E-state index contributed by atoms with van der Waals surface area (Å²) < 4.78 is 10.6. The Labute approximate surface area is 120 Å². The Balaban J connectivity index is 2.00. The van der Waals surface area contributed by atoms with Crippen molar-refractivity contribution in [3.63, 3.8) is 0 Å². The van der Waals surface area contributed by atoms with Crippen LogP contribution in [0.3, 0.4) is 0 Å². The highest BCUT2D eigenvalue weighted by molar-refractivity contribution is 5.79. The first-order valence-corrected chi connectivity index (χ1v) is 7.07. The molecule has 0 radical (unpaired) electrons. The van der Waals surface area contributed by atoms with Gasteiger partial charge in [-0.15, -0.1) is 0 Å². The van der Waals surface area contributed by atoms with Gasteiger partial charge in [0.2, 0.25) is 0 Å². The Bertz CT molecular complexity index is 463. The van der Waals surface area contributed by atoms with Crippen LogP contribution in [0.1, 0.15) is 31.2 Å². The minimum absolute atomic E-state index is 0.403. The van der Waals surface area contributed by atoms with Crippen LogP contribution in [0.5, 0.6) is 11.5 Å². The zero-order valence-corrected chi connectivity index (χ0v) is 12.5. The molecular formula is C16H23NO3. The van der Waals surface area contributed by atoms with Crippen molar-refractivity contribution in [2.45, 2.75) is 38.3 Å². The van der Waals surface area contributed by atoms with Gasteiger partial charge in [-0.25, -0.2) is 0 Å². The van der Waals surface area contributed by atoms with Gasteiger partial charge in [0.1, 0.15) is 5.78 Å². The Morgan fingerprint density at radius 2 is 1.80 bits per heavy atom. The van der Waals surface area contributed by atoms with Crippen LogP contribution in [0.25, 0.3) is 0 Å². The van der Waals surface area contributed by atoms with E-state index in [1.807, 2.05) is 12.1 Å². The highest BCUT2D eigenvalue weighted by Crippen LogP contribution is 2.29. The van der Waals surface area contributed by atoms with Crippen LogP contribution in [0.4, 0.5) is 0 Å². The van der Waals surface area contributed by atoms with Gasteiger partial charge in [-0.3, -0.25) is 9.69 Å². The van der Waals surface area contributed by atoms with Gasteiger partial charge in [0.15, 0.2) is 11.5 Å². The molecule has 0 atom stereocenters. The molecule has 1 aromatic rings. The number of ketones is 1. The molecule has 0 unspecified atom stereocenters. The van der Waals surface area contributed by atoms with Crippen LogP contribution in [0, 0.1) is 0 Å². The molecule has 0 saturated heterocycles. The van der Waals surface area contributed by atoms with E-state index in [1.165, 1.54) is 5.56 Å². The second kappa shape index (κ2) is 6.75. The molecule has 2 rings (SSSR count). The van der Waals surface area contributed by atoms with E-state index in [2.05, 4.69) is 18.0 Å². The van der Waals surface area contributed by atoms with E-state index >= 15 is 0 Å². The van der Waals surface area contributed by atoms with Crippen LogP contribution < -0.4 is 9.47 Å². The summed E-state index contributed by atoms with van der Waals surface area (Å²) in [6.45, 7) is 0.860. The summed E-state index contributed by atoms with van der Waals surface area (Å²) in [4.78, 5) is 13.6. The minimum atomic E-state index is 0.403. The van der Waals surface area contributed by atoms with Gasteiger partial charge in [-0.2, -0.15) is 0 Å². The van der Waals surface area contributed by atoms with E-state index in [-0.39, 0.29) is 0 Å². The molecule has 1 fully saturated rings. The van der Waals surface area contributed by atoms with E-state index in [9.17, 15) is 4.79 Å². The molecule has 0 N–H and O–H groups in total. The minimum Gasteiger partial charge on any atom is -0.493 e. The van der Waals surface area contributed by atoms with E-state index in [0.29, 0.717) is 11.8 Å². The maximum absolute atomic E-state index is 11.3. The predicted octanol–water partition coefficient (Wildman–Crippen LogP) is 2.65. The lowest BCUT2D eigenvalue weighted by Gasteiger charge is -2.30. The Kier molecular flexibility index (Phi) is 5.01. The number of hydrogen-bond donors (Lipinski definition) is 0. The molecule has 0 aromatic heterocycles. The Hall–Kier alpha value is -1.55. The number of rotatable bonds is 5. The van der Waals surface area contributed by atoms with E-state index in [4.69, 9.17) is 9.47 Å². The van der Waals surface area contributed by atoms with Gasteiger partial charge in [0, 0.05) is 25.4 Å². The number of methoxy groups -OCH3 is 2. The van der Waals surface area contributed by atoms with Crippen molar-refractivity contribution in [2.24, 2.45) is 0 Å². The summed E-state index contributed by atoms with van der Waals surface area (Å²) in [6, 6.07) is 6.52. The maximum Gasteiger partial charge on any atom is 0.161 e. The molecular weight excluding hydrogens is 254 g/mol. The SMILES string of the molecule is COc1ccc(CN(C)C2CCC(=O)CC2)cc1OC. The topological polar surface area (TPSA) is 38.8 Å². The summed E-state index contributed by atoms with van der Waals surface area (Å²) >= 11 is 0. The molecule has 0 heterocycles. The smallest absolute Gasteiger partial charge is 0.161 e. The summed E-state index contributed by atoms with van der Waals surface area (Å²) in [5.74, 6) is 1.92. The predicted molar refractivity (Wildman–Crippen MR) is 78.3 cm³/mol. The maximum atomic E-state index is 11.3. The van der Waals surface area contributed by atoms with Gasteiger partial charge in [0.25, 0.3) is 0 Å². The fourth-order valence-corrected chi connectivity index (χ4v) is 2.76. The van der Waals surface area contributed by atoms with Gasteiger partial charge >= 0.3 is 0 Å². The third kappa shape index (κ3) is 3.51. The molecule has 1 saturated carbocycles. The highest BCUT2D eigenvalue weighted by Gasteiger charge is 2.22. The largest absolute Gasteiger partial charge is 0.493 e. The third-order valence-electron chi connectivity index (χ3n) is 4.02. The molecule has 20 heavy (non-hydrogen) atoms. The first-order valence-electron chi connectivity index (χ1n) is 7.07. The van der Waals surface area contributed by atoms with Gasteiger partial charge < -0.3 is 9.47 Å². The molecule has 4 heteroatoms. The van der Waals surface area contributed by atoms with Crippen LogP contribution in [-0.4, -0.2) is 38.0 Å². The average molecular weight is 277 g/mol. The van der Waals surface area contributed by atoms with E-state index in [0.717, 1.165) is 43.7 Å². The molecule has 0 aliphatic heterocycles. The van der Waals surface area contributed by atoms with Crippen molar-refractivity contribution in [1.29, 1.82) is 0 Å². The van der Waals surface area contributed by atoms with Crippen molar-refractivity contribution in [2.75, 3.05) is 21.3 Å². The number of hydrogen-bond acceptors (Lipinski definition) is 4. The van der Waals surface area contributed by atoms with Crippen LogP contribution >= 0.6 is 0 Å². The number of Topliss-reactive ketones (excluding diaryl/α,β-unsaturated/α-hetero) is 1. The normalized spacial score (nSPS) is 16.5. The fraction of sp³-hybridized carbons (Fsp3) is 0.562. The Morgan fingerprint density at radius 1 is 1.15 bits per heavy atom. The van der Waals surface area contributed by atoms with Crippen LogP contribution in [0.2, 0.25) is 0 Å². The number of carbonyl (C=O) groups excluding carboxylic acids is 1. The zero-order chi connectivity index (χ0) is 14.5. The summed E-state index contributed by atoms with van der Waals surface area (Å²) in [7, 11) is 5.41. The first-order chi connectivity index (χ1) is 9.63. The lowest BCUT2D eigenvalue weighted by Crippen LogP contribution is -2.34. The van der Waals surface area contributed by atoms with Crippen LogP contribution in [0.15, 0.2) is 18.2 Å². The molecule has 4 nitrogen and oxygen atoms in total. The molecule has 0 bridgehead atoms. The quantitative estimate of drug-likeness (QED) is 0.829. The lowest BCUT2D eigenvalue weighted by molar-refractivity contribution is -0.121. The van der Waals surface area contributed by atoms with Gasteiger partial charge in [-0.1, -0.05) is 6.07 Å². The molecule has 1 aliphatic carbocycles. The number of ether oxygens (including phenoxy) is 2. The number of nitrogens with zero attached hydrogens (tertiary/aromatic N) is 1. The average Bonchev–Trinajstić information content (AvgIpc) is 2.47. The standard InChI is InChI=1S/C16H23NO3/c1-17(13-5-7-14(18)8-6-13)11-12-4-9-15(19-2)16(10-12)20-3/h4,9-10,13H,5-8,11H2,1-3H3. The second-order valence-corrected chi connectivity index (χ2v) is 5.37. The Morgan fingerprint density at radius 3 is 2.40 bits per heavy atom. The monoisotopic (exact) mass is 277 g/mol. The summed E-state index contributed by atoms with van der Waals surface area (Å²) in [5, 5.41) is 0. The zero-order valence-electron chi connectivity index (χ0n) is 12.5. The molecule has 110 valence electrons. The van der Waals surface area contributed by atoms with E-state index in [1.54, 1.807) is 14.2 Å². The fourth-order valence-electron chi connectivity index (χ4n) is 2.76. The second-order valence-electron chi connectivity index (χ2n) is 5.37. The van der Waals surface area contributed by atoms with E-state index < -0.39 is 0 Å². The summed E-state index contributed by atoms with van der Waals surface area (Å²) in [5.41, 5.74) is 1.20. The van der Waals surface area contributed by atoms with Gasteiger partial charge in [-0.05, 0) is 37.6 Å². The highest BCUT2D eigenvalue weighted by atomic mass is 16.5. The van der Waals surface area contributed by atoms with Crippen molar-refractivity contribution in [1.82, 2.24) is 4.90 Å². The molecule has 1 aliphatic rings. The third-order valence-corrected chi connectivity index (χ3v) is 4.02. The van der Waals surface area contributed by atoms with Gasteiger partial charge in [0.05, 0.1) is 14.2 Å². The number of carbonyl (C=O) groups is 1. The van der Waals surface area contributed by atoms with Crippen molar-refractivity contribution in [3.8, 4) is 11.5 Å². The van der Waals surface area contributed by atoms with Crippen LogP contribution in [-0.2, 0) is 11.3 Å². The summed E-state index contributed by atoms with van der Waals surface area (Å²) in [6.07, 6.45) is 3.40. The first kappa shape index (κ1) is 14.9. The van der Waals surface area contributed by atoms with Crippen molar-refractivity contribution < 1.29 is 14.3 Å². The number of benzene rings is 1. The molecule has 0 amide bonds. The lowest BCUT2D eigenvalue weighted by atomic mass is 9.93.